The molecule has 8 rings (SSSR count). The van der Waals surface area contributed by atoms with E-state index < -0.39 is 73.8 Å². The van der Waals surface area contributed by atoms with Gasteiger partial charge >= 0.3 is 5.97 Å². The number of hydrogen-bond acceptors (Lipinski definition) is 21. The first-order valence-corrected chi connectivity index (χ1v) is 29.7. The number of ether oxygens (including phenoxy) is 6. The van der Waals surface area contributed by atoms with Crippen LogP contribution in [0.5, 0.6) is 11.5 Å². The molecule has 3 atom stereocenters. The summed E-state index contributed by atoms with van der Waals surface area (Å²) in [5, 5.41) is 31.3. The second-order valence-corrected chi connectivity index (χ2v) is 24.5. The van der Waals surface area contributed by atoms with Crippen molar-refractivity contribution in [2.45, 2.75) is 134 Å². The largest absolute Gasteiger partial charge is 0.458 e. The number of aryl methyl sites for hydroxylation is 1. The number of esters is 1. The molecule has 4 amide bonds. The minimum absolute atomic E-state index is 0.000218. The van der Waals surface area contributed by atoms with E-state index in [2.05, 4.69) is 41.5 Å². The van der Waals surface area contributed by atoms with Gasteiger partial charge in [-0.2, -0.15) is 0 Å². The number of pyridine rings is 2. The SMILES string of the molecule is CC[C@@]1(O)C(=O)OCc2c1cc1n(c2=O)Cc2c-1nc1cc3c(cc1c2CCCNC(=O)CNC(=O)[C@H](CCCCN)NC(=O)[C@@H](NC(=O)COCCOCC(C)(C)OCC(C)(C)n1cc(-c2cnc(S(C)(=O)=O)nc2)nn1)C(C)C)OCO3. The van der Waals surface area contributed by atoms with Crippen molar-refractivity contribution in [3.05, 3.63) is 69.4 Å². The summed E-state index contributed by atoms with van der Waals surface area (Å²) in [5.41, 5.74) is 6.51. The lowest BCUT2D eigenvalue weighted by Gasteiger charge is -2.31. The van der Waals surface area contributed by atoms with Crippen LogP contribution in [0.3, 0.4) is 0 Å². The lowest BCUT2D eigenvalue weighted by Crippen LogP contribution is -2.56. The average Bonchev–Trinajstić information content (AvgIpc) is 1.77. The fraction of sp³-hybridized carbons (Fsp3) is 0.554. The van der Waals surface area contributed by atoms with E-state index in [-0.39, 0.29) is 101 Å². The van der Waals surface area contributed by atoms with Crippen molar-refractivity contribution >= 4 is 50.3 Å². The van der Waals surface area contributed by atoms with Gasteiger partial charge in [-0.25, -0.2) is 32.8 Å². The molecule has 0 spiro atoms. The van der Waals surface area contributed by atoms with Crippen molar-refractivity contribution in [3.8, 4) is 34.1 Å². The van der Waals surface area contributed by atoms with E-state index in [0.717, 1.165) is 22.8 Å². The number of nitrogens with zero attached hydrogens (tertiary/aromatic N) is 7. The molecular formula is C56H74N12O15S. The number of unbranched alkanes of at least 4 members (excludes halogenated alkanes) is 1. The van der Waals surface area contributed by atoms with Crippen LogP contribution in [0, 0.1) is 5.92 Å². The zero-order valence-corrected chi connectivity index (χ0v) is 49.3. The first kappa shape index (κ1) is 62.5. The fourth-order valence-electron chi connectivity index (χ4n) is 9.87. The normalized spacial score (nSPS) is 16.2. The maximum atomic E-state index is 14.0. The predicted octanol–water partition coefficient (Wildman–Crippen LogP) is 1.44. The van der Waals surface area contributed by atoms with Gasteiger partial charge in [0, 0.05) is 53.3 Å². The van der Waals surface area contributed by atoms with E-state index in [1.165, 1.54) is 12.4 Å². The Labute approximate surface area is 485 Å². The third-order valence-electron chi connectivity index (χ3n) is 14.7. The molecule has 0 radical (unpaired) electrons. The smallest absolute Gasteiger partial charge is 0.343 e. The molecule has 0 fully saturated rings. The Bertz CT molecular complexity index is 3460. The lowest BCUT2D eigenvalue weighted by atomic mass is 9.86. The van der Waals surface area contributed by atoms with Crippen molar-refractivity contribution in [2.24, 2.45) is 11.7 Å². The van der Waals surface area contributed by atoms with Crippen LogP contribution in [0.2, 0.25) is 0 Å². The van der Waals surface area contributed by atoms with Crippen molar-refractivity contribution in [1.29, 1.82) is 0 Å². The molecule has 0 aliphatic carbocycles. The molecule has 5 aromatic rings. The number of hydrogen-bond donors (Lipinski definition) is 6. The quantitative estimate of drug-likeness (QED) is 0.0220. The number of rotatable bonds is 29. The van der Waals surface area contributed by atoms with Crippen LogP contribution in [0.15, 0.2) is 46.7 Å². The maximum absolute atomic E-state index is 14.0. The van der Waals surface area contributed by atoms with Crippen LogP contribution in [0.4, 0.5) is 0 Å². The van der Waals surface area contributed by atoms with Crippen molar-refractivity contribution in [3.63, 3.8) is 0 Å². The van der Waals surface area contributed by atoms with Crippen molar-refractivity contribution in [1.82, 2.24) is 55.8 Å². The van der Waals surface area contributed by atoms with Gasteiger partial charge in [-0.15, -0.1) is 5.10 Å². The number of carbonyl (C=O) groups is 5. The molecule has 0 unspecified atom stereocenters. The molecule has 84 heavy (non-hydrogen) atoms. The summed E-state index contributed by atoms with van der Waals surface area (Å²) in [7, 11) is -3.55. The van der Waals surface area contributed by atoms with Crippen LogP contribution < -0.4 is 42.0 Å². The third-order valence-corrected chi connectivity index (χ3v) is 15.6. The molecule has 454 valence electrons. The number of aromatic nitrogens is 7. The van der Waals surface area contributed by atoms with E-state index >= 15 is 0 Å². The Morgan fingerprint density at radius 1 is 0.905 bits per heavy atom. The van der Waals surface area contributed by atoms with Gasteiger partial charge in [0.2, 0.25) is 45.4 Å². The van der Waals surface area contributed by atoms with Crippen LogP contribution in [0.1, 0.15) is 103 Å². The van der Waals surface area contributed by atoms with Crippen molar-refractivity contribution < 1.29 is 65.9 Å². The van der Waals surface area contributed by atoms with E-state index in [1.54, 1.807) is 48.3 Å². The Morgan fingerprint density at radius 3 is 2.33 bits per heavy atom. The number of carbonyl (C=O) groups excluding carboxylic acids is 5. The van der Waals surface area contributed by atoms with Gasteiger partial charge in [-0.1, -0.05) is 26.0 Å². The minimum atomic E-state index is -3.55. The van der Waals surface area contributed by atoms with Gasteiger partial charge in [-0.3, -0.25) is 24.0 Å². The predicted molar refractivity (Wildman–Crippen MR) is 302 cm³/mol. The van der Waals surface area contributed by atoms with Crippen molar-refractivity contribution in [2.75, 3.05) is 65.7 Å². The number of fused-ring (bicyclic) bond motifs is 6. The summed E-state index contributed by atoms with van der Waals surface area (Å²) in [6.07, 6.45) is 7.63. The molecule has 28 heteroatoms. The number of cyclic esters (lactones) is 1. The first-order chi connectivity index (χ1) is 39.8. The molecule has 0 saturated heterocycles. The molecule has 0 bridgehead atoms. The first-order valence-electron chi connectivity index (χ1n) is 27.8. The maximum Gasteiger partial charge on any atom is 0.343 e. The molecule has 0 saturated carbocycles. The standard InChI is InChI=1S/C56H74N12O15S/c1-9-56(75)38-20-42-48-36(25-67(42)51(73)37(38)27-80-52(56)74)34(35-19-43-44(82-31-81-43)21-40(35)62-48)13-12-16-58-45(69)24-59-49(71)39(14-10-11-15-57)63-50(72)47(32(2)3)64-46(70)28-78-17-18-79-30-55(6,7)83-29-54(4,5)68-26-41(65-66-68)33-22-60-53(61-23-33)84(8,76)77/h19-23,26,32,39,47,75H,9-18,24-25,27-31,57H2,1-8H3,(H,58,69)(H,59,71)(H,63,72)(H,64,70)/t39-,47-,56-/m0/s1. The summed E-state index contributed by atoms with van der Waals surface area (Å²) in [6, 6.07) is 3.19. The zero-order valence-electron chi connectivity index (χ0n) is 48.5. The van der Waals surface area contributed by atoms with Crippen LogP contribution >= 0.6 is 0 Å². The average molecular weight is 1190 g/mol. The Balaban J connectivity index is 0.782. The summed E-state index contributed by atoms with van der Waals surface area (Å²) in [4.78, 5) is 93.2. The van der Waals surface area contributed by atoms with E-state index in [1.807, 2.05) is 33.8 Å². The molecular weight excluding hydrogens is 1110 g/mol. The van der Waals surface area contributed by atoms with E-state index in [9.17, 15) is 42.3 Å². The van der Waals surface area contributed by atoms with Gasteiger partial charge < -0.3 is 65.1 Å². The highest BCUT2D eigenvalue weighted by atomic mass is 32.2. The third kappa shape index (κ3) is 14.3. The number of aliphatic hydroxyl groups is 1. The van der Waals surface area contributed by atoms with Gasteiger partial charge in [0.25, 0.3) is 5.56 Å². The van der Waals surface area contributed by atoms with Gasteiger partial charge in [-0.05, 0) is 96.4 Å². The van der Waals surface area contributed by atoms with Crippen LogP contribution in [-0.4, -0.2) is 161 Å². The second-order valence-electron chi connectivity index (χ2n) is 22.6. The molecule has 1 aromatic carbocycles. The number of nitrogens with two attached hydrogens (primary N) is 1. The Morgan fingerprint density at radius 2 is 1.63 bits per heavy atom. The van der Waals surface area contributed by atoms with Crippen LogP contribution in [-0.2, 0) is 83.5 Å². The fourth-order valence-corrected chi connectivity index (χ4v) is 10.4. The molecule has 7 heterocycles. The van der Waals surface area contributed by atoms with Gasteiger partial charge in [0.1, 0.15) is 31.0 Å². The summed E-state index contributed by atoms with van der Waals surface area (Å²) in [5.74, 6) is -2.37. The highest BCUT2D eigenvalue weighted by Crippen LogP contribution is 2.43. The summed E-state index contributed by atoms with van der Waals surface area (Å²) in [6.45, 7) is 13.1. The molecule has 3 aliphatic heterocycles. The molecule has 7 N–H and O–H groups in total. The van der Waals surface area contributed by atoms with E-state index in [0.29, 0.717) is 71.9 Å². The molecule has 4 aromatic heterocycles. The summed E-state index contributed by atoms with van der Waals surface area (Å²) < 4.78 is 60.9. The molecule has 3 aliphatic rings. The second kappa shape index (κ2) is 26.2. The van der Waals surface area contributed by atoms with Gasteiger partial charge in [0.05, 0.1) is 79.3 Å². The lowest BCUT2D eigenvalue weighted by molar-refractivity contribution is -0.172. The molecule has 27 nitrogen and oxygen atoms in total. The Hall–Kier alpha value is -7.50. The number of benzene rings is 1. The van der Waals surface area contributed by atoms with Gasteiger partial charge in [0.15, 0.2) is 17.1 Å². The highest BCUT2D eigenvalue weighted by molar-refractivity contribution is 7.90. The Kier molecular flexibility index (Phi) is 19.5. The number of sulfone groups is 1. The van der Waals surface area contributed by atoms with Crippen LogP contribution in [0.25, 0.3) is 33.5 Å². The zero-order chi connectivity index (χ0) is 60.7. The topological polar surface area (TPSA) is 361 Å². The number of nitrogens with one attached hydrogen (secondary N) is 4. The van der Waals surface area contributed by atoms with E-state index in [4.69, 9.17) is 39.1 Å². The summed E-state index contributed by atoms with van der Waals surface area (Å²) >= 11 is 0. The monoisotopic (exact) mass is 1190 g/mol. The number of amides is 4. The minimum Gasteiger partial charge on any atom is -0.458 e. The highest BCUT2D eigenvalue weighted by Gasteiger charge is 2.46.